The highest BCUT2D eigenvalue weighted by Gasteiger charge is 2.51. The first-order chi connectivity index (χ1) is 45.7. The molecule has 0 unspecified atom stereocenters. The molecule has 0 spiro atoms. The van der Waals surface area contributed by atoms with Crippen molar-refractivity contribution in [1.82, 2.24) is 0 Å². The zero-order valence-electron chi connectivity index (χ0n) is 71.8. The molecule has 0 aromatic heterocycles. The Morgan fingerprint density at radius 1 is 0.210 bits per heavy atom. The average Bonchev–Trinajstić information content (AvgIpc) is 0.712. The van der Waals surface area contributed by atoms with Gasteiger partial charge in [0.1, 0.15) is 0 Å². The Balaban J connectivity index is 1.98. The van der Waals surface area contributed by atoms with E-state index in [0.29, 0.717) is 66.5 Å². The van der Waals surface area contributed by atoms with Crippen molar-refractivity contribution in [2.45, 2.75) is 364 Å². The Bertz CT molecular complexity index is 3740. The Morgan fingerprint density at radius 2 is 0.410 bits per heavy atom. The Morgan fingerprint density at radius 3 is 0.620 bits per heavy atom. The molecule has 0 aliphatic carbocycles. The number of benzene rings is 7. The van der Waals surface area contributed by atoms with E-state index >= 15 is 0 Å². The fourth-order valence-electron chi connectivity index (χ4n) is 21.6. The molecule has 0 aliphatic heterocycles. The van der Waals surface area contributed by atoms with Crippen molar-refractivity contribution >= 4 is 109 Å². The minimum atomic E-state index is -2.34. The van der Waals surface area contributed by atoms with Gasteiger partial charge in [0.2, 0.25) is 0 Å². The highest BCUT2D eigenvalue weighted by atomic mass is 28.3. The lowest BCUT2D eigenvalue weighted by Crippen LogP contribution is -2.60. The highest BCUT2D eigenvalue weighted by Crippen LogP contribution is 2.56. The molecule has 550 valence electrons. The predicted octanol–water partition coefficient (Wildman–Crippen LogP) is 29.0. The summed E-state index contributed by atoms with van der Waals surface area (Å²) in [4.78, 5) is 5.74. The monoisotopic (exact) mass is 1420 g/mol. The second-order valence-corrected chi connectivity index (χ2v) is 64.2. The fourth-order valence-corrected chi connectivity index (χ4v) is 49.1. The second kappa shape index (κ2) is 29.5. The third kappa shape index (κ3) is 14.7. The number of hydrogen-bond acceptors (Lipinski definition) is 2. The first kappa shape index (κ1) is 82.8. The average molecular weight is 1420 g/mol. The number of hydrogen-bond donors (Lipinski definition) is 0. The largest absolute Gasteiger partial charge is 0.309 e. The maximum Gasteiger partial charge on any atom is 0.0943 e. The van der Waals surface area contributed by atoms with Crippen LogP contribution in [0.5, 0.6) is 0 Å². The number of anilines is 6. The van der Waals surface area contributed by atoms with Crippen LogP contribution >= 0.6 is 0 Å². The molecule has 0 saturated heterocycles. The van der Waals surface area contributed by atoms with Crippen LogP contribution in [0.1, 0.15) is 298 Å². The van der Waals surface area contributed by atoms with Crippen molar-refractivity contribution in [3.05, 3.63) is 143 Å². The molecule has 0 atom stereocenters. The van der Waals surface area contributed by atoms with E-state index in [1.165, 1.54) is 83.5 Å². The van der Waals surface area contributed by atoms with Crippen LogP contribution in [0.25, 0.3) is 21.5 Å². The molecular weight excluding hydrogens is 1270 g/mol. The van der Waals surface area contributed by atoms with Crippen molar-refractivity contribution < 1.29 is 0 Å². The molecule has 7 aromatic carbocycles. The molecule has 2 nitrogen and oxygen atoms in total. The lowest BCUT2D eigenvalue weighted by Gasteiger charge is -2.48. The summed E-state index contributed by atoms with van der Waals surface area (Å²) in [6, 6.07) is 50.1. The van der Waals surface area contributed by atoms with E-state index in [4.69, 9.17) is 0 Å². The molecule has 7 aromatic rings. The first-order valence-electron chi connectivity index (χ1n) is 39.9. The molecule has 0 amide bonds. The molecule has 6 heteroatoms. The molecule has 0 heterocycles. The first-order valence-corrected chi connectivity index (χ1v) is 48.8. The van der Waals surface area contributed by atoms with Crippen LogP contribution in [0, 0.1) is 0 Å². The van der Waals surface area contributed by atoms with Gasteiger partial charge in [-0.05, 0) is 176 Å². The Labute approximate surface area is 621 Å². The topological polar surface area (TPSA) is 6.48 Å². The van der Waals surface area contributed by atoms with Gasteiger partial charge in [-0.25, -0.2) is 0 Å². The number of nitrogens with zero attached hydrogens (tertiary/aromatic N) is 2. The molecule has 0 fully saturated rings. The van der Waals surface area contributed by atoms with Crippen LogP contribution in [0.3, 0.4) is 0 Å². The van der Waals surface area contributed by atoms with Gasteiger partial charge >= 0.3 is 0 Å². The Hall–Kier alpha value is -4.47. The van der Waals surface area contributed by atoms with Gasteiger partial charge < -0.3 is 9.80 Å². The normalized spacial score (nSPS) is 14.0. The third-order valence-electron chi connectivity index (χ3n) is 25.9. The summed E-state index contributed by atoms with van der Waals surface area (Å²) in [5.41, 5.74) is 20.1. The predicted molar refractivity (Wildman–Crippen MR) is 467 cm³/mol. The standard InChI is InChI=1S/C94H148N2Si4/c1-59(2)97(60(3)4,61(5)6)80-53-78(54-81(57-80)98(62(7)8,63(9)10)64(11)12)95(76-48-72(91(28,29)30)46-73(49-76)92(31,32)33)88-84-42-40-41-43-85(84)89(87-52-71(90(25,26)27)44-45-86(87)88)96(77-50-74(93(34,35)36)47-75(51-77)94(37,38)39)79-55-82(99(65(13)14,66(15)16)67(17)18)58-83(56-79)100(68(19)20,69(21)22)70(23)24/h40-70H,1-39H3. The van der Waals surface area contributed by atoms with E-state index in [1.807, 2.05) is 0 Å². The molecule has 0 aliphatic rings. The van der Waals surface area contributed by atoms with Crippen molar-refractivity contribution in [3.8, 4) is 0 Å². The van der Waals surface area contributed by atoms with E-state index in [1.54, 1.807) is 20.7 Å². The maximum atomic E-state index is 2.88. The third-order valence-corrected chi connectivity index (χ3v) is 54.0. The summed E-state index contributed by atoms with van der Waals surface area (Å²) < 4.78 is 0. The van der Waals surface area contributed by atoms with E-state index in [0.717, 1.165) is 0 Å². The van der Waals surface area contributed by atoms with E-state index in [-0.39, 0.29) is 27.1 Å². The highest BCUT2D eigenvalue weighted by molar-refractivity contribution is 6.99. The maximum absolute atomic E-state index is 2.88. The van der Waals surface area contributed by atoms with Gasteiger partial charge in [0.15, 0.2) is 0 Å². The molecule has 0 N–H and O–H groups in total. The van der Waals surface area contributed by atoms with Crippen molar-refractivity contribution in [2.75, 3.05) is 9.80 Å². The van der Waals surface area contributed by atoms with Gasteiger partial charge in [0.25, 0.3) is 0 Å². The molecule has 7 rings (SSSR count). The van der Waals surface area contributed by atoms with Gasteiger partial charge in [0, 0.05) is 44.3 Å². The van der Waals surface area contributed by atoms with Crippen molar-refractivity contribution in [3.63, 3.8) is 0 Å². The number of fused-ring (bicyclic) bond motifs is 2. The smallest absolute Gasteiger partial charge is 0.0943 e. The summed E-state index contributed by atoms with van der Waals surface area (Å²) in [7, 11) is -9.35. The van der Waals surface area contributed by atoms with E-state index in [2.05, 4.69) is 395 Å². The molecule has 100 heavy (non-hydrogen) atoms. The molecule has 0 radical (unpaired) electrons. The summed E-state index contributed by atoms with van der Waals surface area (Å²) >= 11 is 0. The molecule has 0 bridgehead atoms. The minimum absolute atomic E-state index is 0.127. The quantitative estimate of drug-likeness (QED) is 0.0379. The van der Waals surface area contributed by atoms with Crippen LogP contribution in [-0.2, 0) is 27.1 Å². The van der Waals surface area contributed by atoms with Gasteiger partial charge in [0.05, 0.1) is 43.7 Å². The van der Waals surface area contributed by atoms with Crippen LogP contribution in [0.4, 0.5) is 34.1 Å². The van der Waals surface area contributed by atoms with E-state index in [9.17, 15) is 0 Å². The lowest BCUT2D eigenvalue weighted by molar-refractivity contribution is 0.568. The summed E-state index contributed by atoms with van der Waals surface area (Å²) in [5, 5.41) is 11.7. The Kier molecular flexibility index (Phi) is 24.4. The van der Waals surface area contributed by atoms with Crippen LogP contribution < -0.4 is 30.5 Å². The SMILES string of the molecule is CC(C)[Si](c1cc(N(c2cc(C(C)(C)C)cc(C(C)(C)C)c2)c2c3ccccc3c(N(c3cc(C(C)(C)C)cc(C(C)(C)C)c3)c3cc([Si](C(C)C)(C(C)C)C(C)C)cc([Si](C(C)C)(C(C)C)C(C)C)c3)c3cc(C(C)(C)C)ccc23)cc([Si](C(C)C)(C(C)C)C(C)C)c1)(C(C)C)C(C)C. The number of rotatable bonds is 22. The van der Waals surface area contributed by atoms with Gasteiger partial charge in [-0.1, -0.05) is 351 Å². The molecular formula is C94H148N2Si4. The zero-order chi connectivity index (χ0) is 76.0. The van der Waals surface area contributed by atoms with Crippen LogP contribution in [0.15, 0.2) is 115 Å². The van der Waals surface area contributed by atoms with Gasteiger partial charge in [-0.15, -0.1) is 0 Å². The van der Waals surface area contributed by atoms with Gasteiger partial charge in [-0.3, -0.25) is 0 Å². The van der Waals surface area contributed by atoms with Crippen LogP contribution in [-0.4, -0.2) is 32.3 Å². The fraction of sp³-hybridized carbons (Fsp3) is 0.596. The van der Waals surface area contributed by atoms with E-state index < -0.39 is 32.3 Å². The van der Waals surface area contributed by atoms with Gasteiger partial charge in [-0.2, -0.15) is 0 Å². The molecule has 0 saturated carbocycles. The van der Waals surface area contributed by atoms with Crippen molar-refractivity contribution in [1.29, 1.82) is 0 Å². The zero-order valence-corrected chi connectivity index (χ0v) is 75.8. The minimum Gasteiger partial charge on any atom is -0.309 e. The van der Waals surface area contributed by atoms with Crippen molar-refractivity contribution in [2.24, 2.45) is 0 Å². The second-order valence-electron chi connectivity index (χ2n) is 40.6. The van der Waals surface area contributed by atoms with Crippen LogP contribution in [0.2, 0.25) is 66.5 Å². The summed E-state index contributed by atoms with van der Waals surface area (Å²) in [6.45, 7) is 98.5. The summed E-state index contributed by atoms with van der Waals surface area (Å²) in [6.07, 6.45) is 0. The lowest BCUT2D eigenvalue weighted by atomic mass is 9.80. The summed E-state index contributed by atoms with van der Waals surface area (Å²) in [5.74, 6) is 0.